The van der Waals surface area contributed by atoms with Crippen molar-refractivity contribution in [1.29, 1.82) is 0 Å². The van der Waals surface area contributed by atoms with Crippen molar-refractivity contribution in [2.45, 2.75) is 51.6 Å². The number of nitrogens with zero attached hydrogens (tertiary/aromatic N) is 2. The Balaban J connectivity index is 1.44. The molecule has 1 N–H and O–H groups in total. The quantitative estimate of drug-likeness (QED) is 0.313. The molecule has 8 nitrogen and oxygen atoms in total. The van der Waals surface area contributed by atoms with Crippen molar-refractivity contribution in [1.82, 2.24) is 15.1 Å². The maximum Gasteiger partial charge on any atom is 0.254 e. The number of halogens is 2. The van der Waals surface area contributed by atoms with Crippen LogP contribution in [0.5, 0.6) is 11.5 Å². The van der Waals surface area contributed by atoms with Gasteiger partial charge in [0.05, 0.1) is 20.1 Å². The Bertz CT molecular complexity index is 1200. The van der Waals surface area contributed by atoms with Crippen LogP contribution in [0, 0.1) is 23.5 Å². The lowest BCUT2D eigenvalue weighted by molar-refractivity contribution is -0.131. The molecule has 230 valence electrons. The van der Waals surface area contributed by atoms with E-state index in [1.807, 2.05) is 23.6 Å². The van der Waals surface area contributed by atoms with E-state index in [2.05, 4.69) is 5.32 Å². The van der Waals surface area contributed by atoms with E-state index in [0.29, 0.717) is 55.4 Å². The Morgan fingerprint density at radius 2 is 1.64 bits per heavy atom. The third-order valence-electron chi connectivity index (χ3n) is 7.97. The van der Waals surface area contributed by atoms with Gasteiger partial charge in [0.2, 0.25) is 5.91 Å². The van der Waals surface area contributed by atoms with Gasteiger partial charge in [-0.15, -0.1) is 0 Å². The van der Waals surface area contributed by atoms with Crippen LogP contribution in [0.15, 0.2) is 36.4 Å². The van der Waals surface area contributed by atoms with Crippen LogP contribution in [-0.2, 0) is 16.0 Å². The van der Waals surface area contributed by atoms with Crippen LogP contribution >= 0.6 is 0 Å². The van der Waals surface area contributed by atoms with Crippen molar-refractivity contribution >= 4 is 11.8 Å². The summed E-state index contributed by atoms with van der Waals surface area (Å²) in [4.78, 5) is 30.8. The molecule has 0 radical (unpaired) electrons. The Kier molecular flexibility index (Phi) is 11.2. The summed E-state index contributed by atoms with van der Waals surface area (Å²) >= 11 is 0. The van der Waals surface area contributed by atoms with Gasteiger partial charge in [-0.25, -0.2) is 8.78 Å². The molecule has 1 saturated heterocycles. The molecule has 2 aromatic rings. The fourth-order valence-electron chi connectivity index (χ4n) is 5.55. The SMILES string of the molecule is COCCCOc1cc(C(=O)N(C[C@@H]2CNC[C@H]2CN(C(=O)Cc2cc(F)cc(F)c2)C2CC2)C(C)C)ccc1OC. The summed E-state index contributed by atoms with van der Waals surface area (Å²) in [5, 5.41) is 3.45. The smallest absolute Gasteiger partial charge is 0.254 e. The van der Waals surface area contributed by atoms with Gasteiger partial charge in [0.25, 0.3) is 5.91 Å². The molecule has 1 aliphatic carbocycles. The highest BCUT2D eigenvalue weighted by atomic mass is 19.1. The van der Waals surface area contributed by atoms with E-state index >= 15 is 0 Å². The van der Waals surface area contributed by atoms with Gasteiger partial charge in [-0.05, 0) is 74.4 Å². The Morgan fingerprint density at radius 1 is 0.952 bits per heavy atom. The Labute approximate surface area is 247 Å². The molecule has 1 saturated carbocycles. The van der Waals surface area contributed by atoms with Crippen LogP contribution in [0.4, 0.5) is 8.78 Å². The predicted molar refractivity (Wildman–Crippen MR) is 156 cm³/mol. The third kappa shape index (κ3) is 8.41. The van der Waals surface area contributed by atoms with E-state index in [-0.39, 0.29) is 42.2 Å². The lowest BCUT2D eigenvalue weighted by Gasteiger charge is -2.34. The fraction of sp³-hybridized carbons (Fsp3) is 0.562. The summed E-state index contributed by atoms with van der Waals surface area (Å²) in [5.41, 5.74) is 0.855. The van der Waals surface area contributed by atoms with Crippen molar-refractivity contribution in [3.8, 4) is 11.5 Å². The van der Waals surface area contributed by atoms with E-state index in [9.17, 15) is 18.4 Å². The van der Waals surface area contributed by atoms with Crippen molar-refractivity contribution in [2.24, 2.45) is 11.8 Å². The summed E-state index contributed by atoms with van der Waals surface area (Å²) in [6.07, 6.45) is 2.53. The van der Waals surface area contributed by atoms with Crippen molar-refractivity contribution in [2.75, 3.05) is 53.6 Å². The van der Waals surface area contributed by atoms with E-state index in [4.69, 9.17) is 14.2 Å². The van der Waals surface area contributed by atoms with Crippen molar-refractivity contribution < 1.29 is 32.6 Å². The zero-order chi connectivity index (χ0) is 30.2. The minimum absolute atomic E-state index is 0.0417. The standard InChI is InChI=1S/C32H43F2N3O5/c1-21(2)36(32(39)23-6-9-29(41-4)30(15-23)42-11-5-10-40-3)19-24-17-35-18-25(24)20-37(28-7-8-28)31(38)14-22-12-26(33)16-27(34)13-22/h6,9,12-13,15-16,21,24-25,28,35H,5,7-8,10-11,14,17-20H2,1-4H3/t24-,25-/m0/s1. The van der Waals surface area contributed by atoms with E-state index < -0.39 is 11.6 Å². The first-order valence-electron chi connectivity index (χ1n) is 14.8. The van der Waals surface area contributed by atoms with Crippen LogP contribution < -0.4 is 14.8 Å². The molecule has 2 fully saturated rings. The lowest BCUT2D eigenvalue weighted by Crippen LogP contribution is -2.45. The lowest BCUT2D eigenvalue weighted by atomic mass is 9.93. The molecule has 0 bridgehead atoms. The van der Waals surface area contributed by atoms with Crippen LogP contribution in [0.2, 0.25) is 0 Å². The van der Waals surface area contributed by atoms with Gasteiger partial charge in [-0.3, -0.25) is 9.59 Å². The Morgan fingerprint density at radius 3 is 2.26 bits per heavy atom. The minimum atomic E-state index is -0.684. The number of methoxy groups -OCH3 is 2. The largest absolute Gasteiger partial charge is 0.493 e. The van der Waals surface area contributed by atoms with Crippen LogP contribution in [0.25, 0.3) is 0 Å². The molecule has 1 heterocycles. The van der Waals surface area contributed by atoms with Crippen LogP contribution in [-0.4, -0.2) is 87.3 Å². The van der Waals surface area contributed by atoms with Crippen molar-refractivity contribution in [3.05, 3.63) is 59.2 Å². The third-order valence-corrected chi connectivity index (χ3v) is 7.97. The van der Waals surface area contributed by atoms with E-state index in [1.54, 1.807) is 32.4 Å². The van der Waals surface area contributed by atoms with Crippen molar-refractivity contribution in [3.63, 3.8) is 0 Å². The number of benzene rings is 2. The summed E-state index contributed by atoms with van der Waals surface area (Å²) in [6.45, 7) is 7.56. The number of hydrogen-bond donors (Lipinski definition) is 1. The normalized spacial score (nSPS) is 18.3. The number of amides is 2. The number of nitrogens with one attached hydrogen (secondary N) is 1. The first-order chi connectivity index (χ1) is 20.2. The zero-order valence-electron chi connectivity index (χ0n) is 25.0. The number of carbonyl (C=O) groups excluding carboxylic acids is 2. The van der Waals surface area contributed by atoms with E-state index in [0.717, 1.165) is 32.0 Å². The number of carbonyl (C=O) groups is 2. The van der Waals surface area contributed by atoms with Gasteiger partial charge in [0, 0.05) is 70.0 Å². The second-order valence-electron chi connectivity index (χ2n) is 11.5. The minimum Gasteiger partial charge on any atom is -0.493 e. The molecule has 2 aromatic carbocycles. The topological polar surface area (TPSA) is 80.3 Å². The molecular weight excluding hydrogens is 544 g/mol. The molecule has 4 rings (SSSR count). The Hall–Kier alpha value is -3.24. The molecule has 0 unspecified atom stereocenters. The second-order valence-corrected chi connectivity index (χ2v) is 11.5. The zero-order valence-corrected chi connectivity index (χ0v) is 25.0. The summed E-state index contributed by atoms with van der Waals surface area (Å²) in [7, 11) is 3.21. The second kappa shape index (κ2) is 14.8. The fourth-order valence-corrected chi connectivity index (χ4v) is 5.55. The molecule has 0 spiro atoms. The van der Waals surface area contributed by atoms with Gasteiger partial charge < -0.3 is 29.3 Å². The van der Waals surface area contributed by atoms with Gasteiger partial charge in [-0.1, -0.05) is 0 Å². The maximum absolute atomic E-state index is 13.8. The maximum atomic E-state index is 13.8. The average molecular weight is 588 g/mol. The molecule has 42 heavy (non-hydrogen) atoms. The summed E-state index contributed by atoms with van der Waals surface area (Å²) in [5.74, 6) is -0.231. The molecule has 10 heteroatoms. The number of hydrogen-bond acceptors (Lipinski definition) is 6. The average Bonchev–Trinajstić information content (AvgIpc) is 3.69. The van der Waals surface area contributed by atoms with Crippen LogP contribution in [0.3, 0.4) is 0 Å². The van der Waals surface area contributed by atoms with Gasteiger partial charge >= 0.3 is 0 Å². The highest BCUT2D eigenvalue weighted by molar-refractivity contribution is 5.95. The molecular formula is C32H43F2N3O5. The summed E-state index contributed by atoms with van der Waals surface area (Å²) < 4.78 is 43.9. The van der Waals surface area contributed by atoms with Crippen LogP contribution in [0.1, 0.15) is 49.0 Å². The number of rotatable bonds is 15. The summed E-state index contributed by atoms with van der Waals surface area (Å²) in [6, 6.07) is 8.59. The van der Waals surface area contributed by atoms with Gasteiger partial charge in [0.15, 0.2) is 11.5 Å². The predicted octanol–water partition coefficient (Wildman–Crippen LogP) is 4.31. The van der Waals surface area contributed by atoms with E-state index in [1.165, 1.54) is 12.1 Å². The van der Waals surface area contributed by atoms with Gasteiger partial charge in [0.1, 0.15) is 11.6 Å². The molecule has 2 atom stereocenters. The molecule has 0 aromatic heterocycles. The first kappa shape index (κ1) is 31.7. The first-order valence-corrected chi connectivity index (χ1v) is 14.8. The monoisotopic (exact) mass is 587 g/mol. The highest BCUT2D eigenvalue weighted by Crippen LogP contribution is 2.32. The highest BCUT2D eigenvalue weighted by Gasteiger charge is 2.38. The molecule has 2 aliphatic rings. The van der Waals surface area contributed by atoms with Gasteiger partial charge in [-0.2, -0.15) is 0 Å². The molecule has 2 amide bonds. The molecule has 1 aliphatic heterocycles. The number of ether oxygens (including phenoxy) is 3.